The summed E-state index contributed by atoms with van der Waals surface area (Å²) >= 11 is 0. The van der Waals surface area contributed by atoms with E-state index < -0.39 is 0 Å². The molecule has 5 nitrogen and oxygen atoms in total. The lowest BCUT2D eigenvalue weighted by atomic mass is 9.90. The van der Waals surface area contributed by atoms with Gasteiger partial charge in [0.05, 0.1) is 7.11 Å². The van der Waals surface area contributed by atoms with Gasteiger partial charge < -0.3 is 15.0 Å². The van der Waals surface area contributed by atoms with E-state index in [4.69, 9.17) is 4.74 Å². The maximum Gasteiger partial charge on any atom is 0.251 e. The fourth-order valence-corrected chi connectivity index (χ4v) is 3.64. The van der Waals surface area contributed by atoms with Crippen LogP contribution in [0.5, 0.6) is 5.75 Å². The monoisotopic (exact) mass is 380 g/mol. The van der Waals surface area contributed by atoms with Crippen molar-refractivity contribution in [3.63, 3.8) is 0 Å². The number of hydrogen-bond donors (Lipinski definition) is 1. The molecule has 1 fully saturated rings. The maximum atomic E-state index is 12.4. The van der Waals surface area contributed by atoms with E-state index in [0.29, 0.717) is 30.2 Å². The number of carbonyl (C=O) groups excluding carboxylic acids is 2. The highest BCUT2D eigenvalue weighted by Crippen LogP contribution is 2.22. The molecule has 148 valence electrons. The number of likely N-dealkylation sites (tertiary alicyclic amines) is 1. The molecular formula is C23H28N2O3. The molecule has 0 atom stereocenters. The normalized spacial score (nSPS) is 14.5. The van der Waals surface area contributed by atoms with Crippen LogP contribution in [-0.4, -0.2) is 43.5 Å². The summed E-state index contributed by atoms with van der Waals surface area (Å²) in [5.41, 5.74) is 1.90. The van der Waals surface area contributed by atoms with Crippen molar-refractivity contribution in [3.05, 3.63) is 65.7 Å². The van der Waals surface area contributed by atoms with Crippen molar-refractivity contribution in [1.29, 1.82) is 0 Å². The van der Waals surface area contributed by atoms with E-state index >= 15 is 0 Å². The topological polar surface area (TPSA) is 58.6 Å². The van der Waals surface area contributed by atoms with Gasteiger partial charge in [-0.1, -0.05) is 36.4 Å². The van der Waals surface area contributed by atoms with Crippen molar-refractivity contribution >= 4 is 11.8 Å². The lowest BCUT2D eigenvalue weighted by Gasteiger charge is -2.32. The van der Waals surface area contributed by atoms with E-state index in [2.05, 4.69) is 29.6 Å². The van der Waals surface area contributed by atoms with E-state index in [1.54, 1.807) is 31.4 Å². The van der Waals surface area contributed by atoms with Crippen LogP contribution in [0.15, 0.2) is 54.6 Å². The van der Waals surface area contributed by atoms with Gasteiger partial charge in [0.1, 0.15) is 5.75 Å². The first-order valence-corrected chi connectivity index (χ1v) is 9.89. The third-order valence-corrected chi connectivity index (χ3v) is 5.29. The molecular weight excluding hydrogens is 352 g/mol. The van der Waals surface area contributed by atoms with Crippen molar-refractivity contribution < 1.29 is 14.3 Å². The van der Waals surface area contributed by atoms with E-state index in [1.165, 1.54) is 5.56 Å². The molecule has 28 heavy (non-hydrogen) atoms. The van der Waals surface area contributed by atoms with Crippen LogP contribution in [0.2, 0.25) is 0 Å². The van der Waals surface area contributed by atoms with E-state index in [0.717, 1.165) is 32.4 Å². The molecule has 1 saturated heterocycles. The van der Waals surface area contributed by atoms with Crippen molar-refractivity contribution in [3.8, 4) is 5.75 Å². The summed E-state index contributed by atoms with van der Waals surface area (Å²) in [5.74, 6) is 1.21. The molecule has 2 aromatic rings. The zero-order valence-electron chi connectivity index (χ0n) is 16.4. The minimum atomic E-state index is -0.187. The second kappa shape index (κ2) is 9.93. The van der Waals surface area contributed by atoms with Gasteiger partial charge in [0.2, 0.25) is 5.91 Å². The zero-order chi connectivity index (χ0) is 19.8. The summed E-state index contributed by atoms with van der Waals surface area (Å²) in [7, 11) is 1.57. The number of amides is 2. The molecule has 0 unspecified atom stereocenters. The molecule has 0 spiro atoms. The van der Waals surface area contributed by atoms with Crippen molar-refractivity contribution in [2.24, 2.45) is 5.92 Å². The lowest BCUT2D eigenvalue weighted by Crippen LogP contribution is -2.40. The van der Waals surface area contributed by atoms with Crippen molar-refractivity contribution in [1.82, 2.24) is 10.2 Å². The SMILES string of the molecule is COc1cccc(C(=O)NCCC(=O)N2CCC(Cc3ccccc3)CC2)c1. The maximum absolute atomic E-state index is 12.4. The number of piperidine rings is 1. The summed E-state index contributed by atoms with van der Waals surface area (Å²) in [4.78, 5) is 26.6. The predicted molar refractivity (Wildman–Crippen MR) is 109 cm³/mol. The molecule has 0 saturated carbocycles. The average molecular weight is 380 g/mol. The molecule has 0 aliphatic carbocycles. The Morgan fingerprint density at radius 1 is 1.07 bits per heavy atom. The van der Waals surface area contributed by atoms with Gasteiger partial charge in [-0.3, -0.25) is 9.59 Å². The lowest BCUT2D eigenvalue weighted by molar-refractivity contribution is -0.132. The Balaban J connectivity index is 1.38. The van der Waals surface area contributed by atoms with Gasteiger partial charge in [-0.15, -0.1) is 0 Å². The third kappa shape index (κ3) is 5.59. The van der Waals surface area contributed by atoms with Gasteiger partial charge in [0, 0.05) is 31.6 Å². The summed E-state index contributed by atoms with van der Waals surface area (Å²) in [6.45, 7) is 1.96. The van der Waals surface area contributed by atoms with E-state index in [-0.39, 0.29) is 11.8 Å². The molecule has 1 heterocycles. The van der Waals surface area contributed by atoms with Crippen molar-refractivity contribution in [2.45, 2.75) is 25.7 Å². The Labute approximate surface area is 166 Å². The number of carbonyl (C=O) groups is 2. The smallest absolute Gasteiger partial charge is 0.251 e. The summed E-state index contributed by atoms with van der Waals surface area (Å²) in [5, 5.41) is 2.82. The first-order chi connectivity index (χ1) is 13.7. The first-order valence-electron chi connectivity index (χ1n) is 9.89. The summed E-state index contributed by atoms with van der Waals surface area (Å²) in [6, 6.07) is 17.5. The molecule has 0 radical (unpaired) electrons. The van der Waals surface area contributed by atoms with Gasteiger partial charge in [0.25, 0.3) is 5.91 Å². The fourth-order valence-electron chi connectivity index (χ4n) is 3.64. The highest BCUT2D eigenvalue weighted by atomic mass is 16.5. The highest BCUT2D eigenvalue weighted by molar-refractivity contribution is 5.94. The number of rotatable bonds is 7. The number of hydrogen-bond acceptors (Lipinski definition) is 3. The molecule has 2 amide bonds. The minimum absolute atomic E-state index is 0.115. The third-order valence-electron chi connectivity index (χ3n) is 5.29. The molecule has 1 aliphatic heterocycles. The fraction of sp³-hybridized carbons (Fsp3) is 0.391. The number of nitrogens with zero attached hydrogens (tertiary/aromatic N) is 1. The predicted octanol–water partition coefficient (Wildman–Crippen LogP) is 3.30. The van der Waals surface area contributed by atoms with E-state index in [9.17, 15) is 9.59 Å². The van der Waals surface area contributed by atoms with E-state index in [1.807, 2.05) is 11.0 Å². The Morgan fingerprint density at radius 3 is 2.54 bits per heavy atom. The molecule has 2 aromatic carbocycles. The second-order valence-electron chi connectivity index (χ2n) is 7.25. The van der Waals surface area contributed by atoms with Crippen molar-refractivity contribution in [2.75, 3.05) is 26.7 Å². The van der Waals surface area contributed by atoms with Crippen LogP contribution in [0.1, 0.15) is 35.2 Å². The Kier molecular flexibility index (Phi) is 7.06. The summed E-state index contributed by atoms with van der Waals surface area (Å²) < 4.78 is 5.13. The average Bonchev–Trinajstić information content (AvgIpc) is 2.75. The molecule has 0 aromatic heterocycles. The van der Waals surface area contributed by atoms with Crippen LogP contribution in [0.25, 0.3) is 0 Å². The van der Waals surface area contributed by atoms with Gasteiger partial charge >= 0.3 is 0 Å². The number of benzene rings is 2. The zero-order valence-corrected chi connectivity index (χ0v) is 16.4. The van der Waals surface area contributed by atoms with Crippen LogP contribution in [0.3, 0.4) is 0 Å². The number of methoxy groups -OCH3 is 1. The standard InChI is InChI=1S/C23H28N2O3/c1-28-21-9-5-8-20(17-21)23(27)24-13-10-22(26)25-14-11-19(12-15-25)16-18-6-3-2-4-7-18/h2-9,17,19H,10-16H2,1H3,(H,24,27). The Hall–Kier alpha value is -2.82. The van der Waals surface area contributed by atoms with Gasteiger partial charge in [0.15, 0.2) is 0 Å². The highest BCUT2D eigenvalue weighted by Gasteiger charge is 2.22. The van der Waals surface area contributed by atoms with Crippen LogP contribution < -0.4 is 10.1 Å². The molecule has 3 rings (SSSR count). The quantitative estimate of drug-likeness (QED) is 0.802. The Bertz CT molecular complexity index is 783. The van der Waals surface area contributed by atoms with Crippen LogP contribution >= 0.6 is 0 Å². The number of nitrogens with one attached hydrogen (secondary N) is 1. The van der Waals surface area contributed by atoms with Gasteiger partial charge in [-0.05, 0) is 48.9 Å². The minimum Gasteiger partial charge on any atom is -0.497 e. The first kappa shape index (κ1) is 19.9. The van der Waals surface area contributed by atoms with Crippen LogP contribution in [0, 0.1) is 5.92 Å². The molecule has 0 bridgehead atoms. The summed E-state index contributed by atoms with van der Waals surface area (Å²) in [6.07, 6.45) is 3.49. The second-order valence-corrected chi connectivity index (χ2v) is 7.25. The number of ether oxygens (including phenoxy) is 1. The van der Waals surface area contributed by atoms with Gasteiger partial charge in [-0.2, -0.15) is 0 Å². The Morgan fingerprint density at radius 2 is 1.82 bits per heavy atom. The van der Waals surface area contributed by atoms with Crippen LogP contribution in [0.4, 0.5) is 0 Å². The molecule has 5 heteroatoms. The van der Waals surface area contributed by atoms with Crippen LogP contribution in [-0.2, 0) is 11.2 Å². The van der Waals surface area contributed by atoms with Gasteiger partial charge in [-0.25, -0.2) is 0 Å². The molecule has 1 aliphatic rings. The molecule has 1 N–H and O–H groups in total. The largest absolute Gasteiger partial charge is 0.497 e.